The number of nitro benzene ring substituents is 1. The van der Waals surface area contributed by atoms with Crippen molar-refractivity contribution in [1.82, 2.24) is 0 Å². The number of nitro groups is 1. The van der Waals surface area contributed by atoms with Crippen molar-refractivity contribution < 1.29 is 22.9 Å². The van der Waals surface area contributed by atoms with Crippen LogP contribution in [0, 0.1) is 10.1 Å². The number of benzene rings is 3. The van der Waals surface area contributed by atoms with Gasteiger partial charge in [0, 0.05) is 6.07 Å². The minimum absolute atomic E-state index is 0.0257. The molecule has 8 nitrogen and oxygen atoms in total. The summed E-state index contributed by atoms with van der Waals surface area (Å²) in [6, 6.07) is 18.4. The molecule has 0 aliphatic carbocycles. The average molecular weight is 412 g/mol. The van der Waals surface area contributed by atoms with Gasteiger partial charge in [-0.3, -0.25) is 14.9 Å². The van der Waals surface area contributed by atoms with E-state index < -0.39 is 26.5 Å². The van der Waals surface area contributed by atoms with Crippen molar-refractivity contribution in [2.24, 2.45) is 0 Å². The monoisotopic (exact) mass is 412 g/mol. The summed E-state index contributed by atoms with van der Waals surface area (Å²) < 4.78 is 32.2. The molecular weight excluding hydrogens is 396 g/mol. The number of ether oxygens (including phenoxy) is 1. The van der Waals surface area contributed by atoms with Gasteiger partial charge < -0.3 is 4.74 Å². The SMILES string of the molecule is COc1ccc(N(C(=O)c2ccccc2[N+](=O)[O-])S(=O)(=O)c2ccccc2)cc1. The minimum atomic E-state index is -4.34. The molecule has 0 saturated carbocycles. The second kappa shape index (κ2) is 8.11. The summed E-state index contributed by atoms with van der Waals surface area (Å²) in [6.45, 7) is 0. The average Bonchev–Trinajstić information content (AvgIpc) is 2.74. The molecule has 1 amide bonds. The lowest BCUT2D eigenvalue weighted by Gasteiger charge is -2.23. The molecule has 0 aliphatic heterocycles. The molecule has 0 atom stereocenters. The highest BCUT2D eigenvalue weighted by Crippen LogP contribution is 2.30. The van der Waals surface area contributed by atoms with Gasteiger partial charge >= 0.3 is 0 Å². The Balaban J connectivity index is 2.21. The summed E-state index contributed by atoms with van der Waals surface area (Å²) in [5, 5.41) is 11.4. The molecular formula is C20H16N2O6S. The Kier molecular flexibility index (Phi) is 5.60. The highest BCUT2D eigenvalue weighted by atomic mass is 32.2. The summed E-state index contributed by atoms with van der Waals surface area (Å²) in [6.07, 6.45) is 0. The smallest absolute Gasteiger partial charge is 0.282 e. The highest BCUT2D eigenvalue weighted by Gasteiger charge is 2.35. The second-order valence-electron chi connectivity index (χ2n) is 5.86. The number of rotatable bonds is 6. The second-order valence-corrected chi connectivity index (χ2v) is 7.65. The molecule has 9 heteroatoms. The Labute approximate surface area is 167 Å². The first-order valence-corrected chi connectivity index (χ1v) is 9.82. The molecule has 3 aromatic carbocycles. The van der Waals surface area contributed by atoms with Gasteiger partial charge in [0.15, 0.2) is 0 Å². The van der Waals surface area contributed by atoms with Gasteiger partial charge in [0.2, 0.25) is 0 Å². The van der Waals surface area contributed by atoms with Crippen LogP contribution in [0.25, 0.3) is 0 Å². The predicted octanol–water partition coefficient (Wildman–Crippen LogP) is 3.64. The summed E-state index contributed by atoms with van der Waals surface area (Å²) >= 11 is 0. The molecule has 29 heavy (non-hydrogen) atoms. The van der Waals surface area contributed by atoms with Gasteiger partial charge in [0.05, 0.1) is 22.6 Å². The van der Waals surface area contributed by atoms with Crippen LogP contribution in [0.15, 0.2) is 83.8 Å². The van der Waals surface area contributed by atoms with Gasteiger partial charge in [-0.25, -0.2) is 8.42 Å². The molecule has 0 aromatic heterocycles. The standard InChI is InChI=1S/C20H16N2O6S/c1-28-16-13-11-15(12-14-16)21(29(26,27)17-7-3-2-4-8-17)20(23)18-9-5-6-10-19(18)22(24)25/h2-14H,1H3. The third-order valence-electron chi connectivity index (χ3n) is 4.10. The largest absolute Gasteiger partial charge is 0.497 e. The third kappa shape index (κ3) is 3.94. The Morgan fingerprint density at radius 3 is 2.10 bits per heavy atom. The lowest BCUT2D eigenvalue weighted by Crippen LogP contribution is -2.37. The molecule has 0 N–H and O–H groups in total. The number of sulfonamides is 1. The summed E-state index contributed by atoms with van der Waals surface area (Å²) in [7, 11) is -2.89. The molecule has 3 aromatic rings. The molecule has 0 bridgehead atoms. The van der Waals surface area contributed by atoms with Crippen LogP contribution in [0.5, 0.6) is 5.75 Å². The summed E-state index contributed by atoms with van der Waals surface area (Å²) in [4.78, 5) is 23.8. The zero-order chi connectivity index (χ0) is 21.0. The van der Waals surface area contributed by atoms with Crippen LogP contribution in [-0.2, 0) is 10.0 Å². The number of anilines is 1. The number of hydrogen-bond acceptors (Lipinski definition) is 6. The van der Waals surface area contributed by atoms with E-state index in [4.69, 9.17) is 4.74 Å². The van der Waals surface area contributed by atoms with E-state index in [-0.39, 0.29) is 16.1 Å². The van der Waals surface area contributed by atoms with Crippen molar-refractivity contribution in [3.63, 3.8) is 0 Å². The fourth-order valence-corrected chi connectivity index (χ4v) is 4.13. The maximum atomic E-state index is 13.3. The Hall–Kier alpha value is -3.72. The molecule has 3 rings (SSSR count). The number of hydrogen-bond donors (Lipinski definition) is 0. The zero-order valence-electron chi connectivity index (χ0n) is 15.3. The van der Waals surface area contributed by atoms with Crippen LogP contribution >= 0.6 is 0 Å². The molecule has 0 fully saturated rings. The van der Waals surface area contributed by atoms with Crippen molar-refractivity contribution in [1.29, 1.82) is 0 Å². The Morgan fingerprint density at radius 1 is 0.931 bits per heavy atom. The van der Waals surface area contributed by atoms with Crippen LogP contribution < -0.4 is 9.04 Å². The summed E-state index contributed by atoms with van der Waals surface area (Å²) in [5.41, 5.74) is -0.801. The first kappa shape index (κ1) is 20.0. The first-order chi connectivity index (χ1) is 13.9. The van der Waals surface area contributed by atoms with Gasteiger partial charge in [-0.05, 0) is 42.5 Å². The van der Waals surface area contributed by atoms with E-state index >= 15 is 0 Å². The molecule has 148 valence electrons. The van der Waals surface area contributed by atoms with Crippen molar-refractivity contribution in [3.05, 3.63) is 94.5 Å². The van der Waals surface area contributed by atoms with Crippen LogP contribution in [0.1, 0.15) is 10.4 Å². The zero-order valence-corrected chi connectivity index (χ0v) is 16.1. The maximum Gasteiger partial charge on any atom is 0.282 e. The molecule has 0 saturated heterocycles. The van der Waals surface area contributed by atoms with E-state index in [0.717, 1.165) is 6.07 Å². The molecule has 0 unspecified atom stereocenters. The van der Waals surface area contributed by atoms with Crippen molar-refractivity contribution in [2.45, 2.75) is 4.90 Å². The predicted molar refractivity (Wildman–Crippen MR) is 107 cm³/mol. The maximum absolute atomic E-state index is 13.3. The number of methoxy groups -OCH3 is 1. The van der Waals surface area contributed by atoms with Crippen LogP contribution in [0.2, 0.25) is 0 Å². The fourth-order valence-electron chi connectivity index (χ4n) is 2.70. The summed E-state index contributed by atoms with van der Waals surface area (Å²) in [5.74, 6) is -0.574. The van der Waals surface area contributed by atoms with Crippen LogP contribution in [-0.4, -0.2) is 26.4 Å². The van der Waals surface area contributed by atoms with Gasteiger partial charge in [-0.2, -0.15) is 4.31 Å². The van der Waals surface area contributed by atoms with E-state index in [9.17, 15) is 23.3 Å². The third-order valence-corrected chi connectivity index (χ3v) is 5.83. The minimum Gasteiger partial charge on any atom is -0.497 e. The molecule has 0 heterocycles. The van der Waals surface area contributed by atoms with Gasteiger partial charge in [0.1, 0.15) is 11.3 Å². The lowest BCUT2D eigenvalue weighted by atomic mass is 10.1. The lowest BCUT2D eigenvalue weighted by molar-refractivity contribution is -0.385. The van der Waals surface area contributed by atoms with Gasteiger partial charge in [0.25, 0.3) is 21.6 Å². The van der Waals surface area contributed by atoms with Crippen molar-refractivity contribution >= 4 is 27.3 Å². The Bertz CT molecular complexity index is 1150. The van der Waals surface area contributed by atoms with Gasteiger partial charge in [-0.15, -0.1) is 0 Å². The Morgan fingerprint density at radius 2 is 1.52 bits per heavy atom. The van der Waals surface area contributed by atoms with Crippen LogP contribution in [0.3, 0.4) is 0 Å². The number of para-hydroxylation sites is 1. The normalized spacial score (nSPS) is 10.9. The first-order valence-electron chi connectivity index (χ1n) is 8.38. The van der Waals surface area contributed by atoms with E-state index in [1.807, 2.05) is 0 Å². The quantitative estimate of drug-likeness (QED) is 0.452. The van der Waals surface area contributed by atoms with E-state index in [0.29, 0.717) is 10.1 Å². The number of carbonyl (C=O) groups excluding carboxylic acids is 1. The van der Waals surface area contributed by atoms with E-state index in [2.05, 4.69) is 0 Å². The van der Waals surface area contributed by atoms with Gasteiger partial charge in [-0.1, -0.05) is 30.3 Å². The van der Waals surface area contributed by atoms with Crippen molar-refractivity contribution in [2.75, 3.05) is 11.4 Å². The van der Waals surface area contributed by atoms with Crippen molar-refractivity contribution in [3.8, 4) is 5.75 Å². The number of nitrogens with zero attached hydrogens (tertiary/aromatic N) is 2. The van der Waals surface area contributed by atoms with E-state index in [1.165, 1.54) is 73.8 Å². The topological polar surface area (TPSA) is 107 Å². The fraction of sp³-hybridized carbons (Fsp3) is 0.0500. The molecule has 0 radical (unpaired) electrons. The highest BCUT2D eigenvalue weighted by molar-refractivity contribution is 7.93. The number of carbonyl (C=O) groups is 1. The molecule has 0 spiro atoms. The number of amides is 1. The van der Waals surface area contributed by atoms with Crippen LogP contribution in [0.4, 0.5) is 11.4 Å². The molecule has 0 aliphatic rings. The van der Waals surface area contributed by atoms with E-state index in [1.54, 1.807) is 6.07 Å².